The molecule has 1 heterocycles. The van der Waals surface area contributed by atoms with Gasteiger partial charge in [0.25, 0.3) is 5.56 Å². The fraction of sp³-hybridized carbons (Fsp3) is 0.217. The maximum absolute atomic E-state index is 12.8. The summed E-state index contributed by atoms with van der Waals surface area (Å²) in [5, 5.41) is 31.8. The SMILES string of the molecule is Cn1c(C=CC(O)CC(O)CC(=O)[O-])c(-c2ccccc2)c2ccccc2c1=O.[Na+]. The Balaban J connectivity index is 0.00000320. The molecule has 2 atom stereocenters. The molecule has 30 heavy (non-hydrogen) atoms. The van der Waals surface area contributed by atoms with E-state index in [4.69, 9.17) is 0 Å². The van der Waals surface area contributed by atoms with Gasteiger partial charge < -0.3 is 24.7 Å². The molecule has 0 aliphatic carbocycles. The third-order valence-electron chi connectivity index (χ3n) is 4.80. The normalized spacial score (nSPS) is 13.2. The van der Waals surface area contributed by atoms with Crippen molar-refractivity contribution in [3.63, 3.8) is 0 Å². The van der Waals surface area contributed by atoms with E-state index < -0.39 is 24.6 Å². The summed E-state index contributed by atoms with van der Waals surface area (Å²) < 4.78 is 1.52. The molecule has 0 saturated carbocycles. The molecule has 0 saturated heterocycles. The number of benzene rings is 2. The van der Waals surface area contributed by atoms with Gasteiger partial charge in [-0.05, 0) is 23.1 Å². The van der Waals surface area contributed by atoms with Gasteiger partial charge in [0.2, 0.25) is 0 Å². The van der Waals surface area contributed by atoms with Crippen LogP contribution in [-0.2, 0) is 11.8 Å². The summed E-state index contributed by atoms with van der Waals surface area (Å²) in [6.45, 7) is 0. The van der Waals surface area contributed by atoms with Crippen LogP contribution in [0, 0.1) is 0 Å². The number of aliphatic carboxylic acids is 1. The molecule has 7 heteroatoms. The van der Waals surface area contributed by atoms with E-state index in [0.717, 1.165) is 16.5 Å². The quantitative estimate of drug-likeness (QED) is 0.456. The Kier molecular flexibility index (Phi) is 8.58. The summed E-state index contributed by atoms with van der Waals surface area (Å²) in [4.78, 5) is 23.4. The van der Waals surface area contributed by atoms with Crippen LogP contribution in [0.25, 0.3) is 28.0 Å². The zero-order valence-corrected chi connectivity index (χ0v) is 19.0. The molecule has 2 unspecified atom stereocenters. The number of carboxylic acid groups (broad SMARTS) is 1. The molecule has 1 aromatic heterocycles. The monoisotopic (exact) mass is 415 g/mol. The first kappa shape index (κ1) is 24.1. The Bertz CT molecular complexity index is 1110. The van der Waals surface area contributed by atoms with E-state index in [1.807, 2.05) is 48.5 Å². The van der Waals surface area contributed by atoms with Gasteiger partial charge in [-0.2, -0.15) is 0 Å². The fourth-order valence-corrected chi connectivity index (χ4v) is 3.42. The summed E-state index contributed by atoms with van der Waals surface area (Å²) in [6.07, 6.45) is 0.103. The Morgan fingerprint density at radius 2 is 1.67 bits per heavy atom. The van der Waals surface area contributed by atoms with Crippen molar-refractivity contribution < 1.29 is 49.7 Å². The van der Waals surface area contributed by atoms with Gasteiger partial charge in [-0.25, -0.2) is 0 Å². The predicted molar refractivity (Wildman–Crippen MR) is 110 cm³/mol. The molecule has 3 rings (SSSR count). The van der Waals surface area contributed by atoms with E-state index in [1.54, 1.807) is 19.2 Å². The van der Waals surface area contributed by atoms with Gasteiger partial charge in [0.15, 0.2) is 0 Å². The van der Waals surface area contributed by atoms with Crippen LogP contribution in [0.4, 0.5) is 0 Å². The number of aliphatic hydroxyl groups excluding tert-OH is 2. The summed E-state index contributed by atoms with van der Waals surface area (Å²) in [5.74, 6) is -1.38. The number of rotatable bonds is 7. The smallest absolute Gasteiger partial charge is 0.550 e. The van der Waals surface area contributed by atoms with Crippen LogP contribution in [0.15, 0.2) is 65.5 Å². The van der Waals surface area contributed by atoms with Crippen molar-refractivity contribution in [2.75, 3.05) is 0 Å². The van der Waals surface area contributed by atoms with Gasteiger partial charge in [0.1, 0.15) is 0 Å². The molecule has 3 aromatic rings. The van der Waals surface area contributed by atoms with Crippen molar-refractivity contribution in [3.05, 3.63) is 76.7 Å². The van der Waals surface area contributed by atoms with Crippen LogP contribution < -0.4 is 40.2 Å². The number of pyridine rings is 1. The average Bonchev–Trinajstić information content (AvgIpc) is 2.69. The van der Waals surface area contributed by atoms with Gasteiger partial charge in [-0.1, -0.05) is 54.6 Å². The number of carbonyl (C=O) groups is 1. The van der Waals surface area contributed by atoms with E-state index in [0.29, 0.717) is 11.1 Å². The minimum absolute atomic E-state index is 0. The topological polar surface area (TPSA) is 103 Å². The number of hydrogen-bond acceptors (Lipinski definition) is 5. The van der Waals surface area contributed by atoms with E-state index in [1.165, 1.54) is 10.6 Å². The van der Waals surface area contributed by atoms with Gasteiger partial charge in [0, 0.05) is 36.8 Å². The average molecular weight is 415 g/mol. The first-order valence-electron chi connectivity index (χ1n) is 9.29. The number of nitrogens with zero attached hydrogens (tertiary/aromatic N) is 1. The molecule has 0 bridgehead atoms. The molecule has 0 aliphatic heterocycles. The van der Waals surface area contributed by atoms with Crippen LogP contribution >= 0.6 is 0 Å². The second-order valence-electron chi connectivity index (χ2n) is 6.93. The van der Waals surface area contributed by atoms with Crippen molar-refractivity contribution in [1.82, 2.24) is 4.57 Å². The number of fused-ring (bicyclic) bond motifs is 1. The van der Waals surface area contributed by atoms with E-state index in [2.05, 4.69) is 0 Å². The van der Waals surface area contributed by atoms with Gasteiger partial charge in [-0.3, -0.25) is 4.79 Å². The van der Waals surface area contributed by atoms with Crippen molar-refractivity contribution in [3.8, 4) is 11.1 Å². The van der Waals surface area contributed by atoms with Crippen LogP contribution in [-0.4, -0.2) is 33.0 Å². The van der Waals surface area contributed by atoms with E-state index in [-0.39, 0.29) is 41.5 Å². The minimum Gasteiger partial charge on any atom is -0.550 e. The van der Waals surface area contributed by atoms with Crippen LogP contribution in [0.5, 0.6) is 0 Å². The van der Waals surface area contributed by atoms with Crippen molar-refractivity contribution in [2.24, 2.45) is 7.05 Å². The zero-order valence-electron chi connectivity index (χ0n) is 17.0. The van der Waals surface area contributed by atoms with Crippen molar-refractivity contribution in [1.29, 1.82) is 0 Å². The molecule has 0 amide bonds. The third kappa shape index (κ3) is 5.47. The Labute approximate surface area is 196 Å². The maximum Gasteiger partial charge on any atom is 1.00 e. The molecule has 6 nitrogen and oxygen atoms in total. The van der Waals surface area contributed by atoms with Crippen molar-refractivity contribution in [2.45, 2.75) is 25.0 Å². The standard InChI is InChI=1S/C23H23NO5.Na/c1-24-20(12-11-16(25)13-17(26)14-21(27)28)22(15-7-3-2-4-8-15)18-9-5-6-10-19(18)23(24)29;/h2-12,16-17,25-26H,13-14H2,1H3,(H,27,28);/q;+1/p-1. The zero-order chi connectivity index (χ0) is 21.0. The first-order chi connectivity index (χ1) is 13.9. The molecule has 0 fully saturated rings. The molecule has 2 aromatic carbocycles. The number of aliphatic hydroxyl groups is 2. The Hall–Kier alpha value is -2.22. The molecule has 0 aliphatic rings. The molecule has 2 N–H and O–H groups in total. The maximum atomic E-state index is 12.8. The summed E-state index contributed by atoms with van der Waals surface area (Å²) in [7, 11) is 1.66. The number of carbonyl (C=O) groups excluding carboxylic acids is 1. The van der Waals surface area contributed by atoms with E-state index in [9.17, 15) is 24.9 Å². The van der Waals surface area contributed by atoms with Gasteiger partial charge >= 0.3 is 29.6 Å². The number of hydrogen-bond donors (Lipinski definition) is 2. The van der Waals surface area contributed by atoms with Crippen molar-refractivity contribution >= 4 is 22.8 Å². The molecule has 0 spiro atoms. The Morgan fingerprint density at radius 1 is 1.07 bits per heavy atom. The minimum atomic E-state index is -1.38. The molecule has 150 valence electrons. The van der Waals surface area contributed by atoms with Gasteiger partial charge in [-0.15, -0.1) is 0 Å². The Morgan fingerprint density at radius 3 is 2.30 bits per heavy atom. The summed E-state index contributed by atoms with van der Waals surface area (Å²) >= 11 is 0. The molecular formula is C23H22NNaO5. The van der Waals surface area contributed by atoms with E-state index >= 15 is 0 Å². The van der Waals surface area contributed by atoms with Gasteiger partial charge in [0.05, 0.1) is 17.9 Å². The number of carboxylic acids is 1. The molecule has 0 radical (unpaired) electrons. The summed E-state index contributed by atoms with van der Waals surface area (Å²) in [6, 6.07) is 17.0. The second kappa shape index (κ2) is 10.7. The van der Waals surface area contributed by atoms with Crippen LogP contribution in [0.3, 0.4) is 0 Å². The first-order valence-corrected chi connectivity index (χ1v) is 9.29. The molecular weight excluding hydrogens is 393 g/mol. The fourth-order valence-electron chi connectivity index (χ4n) is 3.42. The summed E-state index contributed by atoms with van der Waals surface area (Å²) in [5.41, 5.74) is 2.22. The predicted octanol–water partition coefficient (Wildman–Crippen LogP) is -1.53. The number of aromatic nitrogens is 1. The third-order valence-corrected chi connectivity index (χ3v) is 4.80. The largest absolute Gasteiger partial charge is 1.00 e. The second-order valence-corrected chi connectivity index (χ2v) is 6.93. The van der Waals surface area contributed by atoms with Crippen LogP contribution in [0.2, 0.25) is 0 Å². The van der Waals surface area contributed by atoms with Crippen LogP contribution in [0.1, 0.15) is 18.5 Å².